The van der Waals surface area contributed by atoms with Crippen molar-refractivity contribution in [1.29, 1.82) is 0 Å². The van der Waals surface area contributed by atoms with Gasteiger partial charge in [0.1, 0.15) is 5.82 Å². The van der Waals surface area contributed by atoms with Crippen LogP contribution >= 0.6 is 0 Å². The van der Waals surface area contributed by atoms with E-state index in [9.17, 15) is 0 Å². The van der Waals surface area contributed by atoms with Crippen LogP contribution in [0.15, 0.2) is 66.9 Å². The minimum absolute atomic E-state index is 0.558. The third kappa shape index (κ3) is 3.37. The standard InChI is InChI=1S/C19H16N6/c1-13-21-18(25-24-13)15-7-9-16(10-8-15)22-19-20-12-11-17(23-19)14-5-3-2-4-6-14/h2-12H,1H3,(H,20,22,23)(H,21,24,25). The lowest BCUT2D eigenvalue weighted by molar-refractivity contribution is 1.04. The van der Waals surface area contributed by atoms with Crippen molar-refractivity contribution in [3.63, 3.8) is 0 Å². The smallest absolute Gasteiger partial charge is 0.227 e. The van der Waals surface area contributed by atoms with Crippen molar-refractivity contribution < 1.29 is 0 Å². The molecule has 4 aromatic rings. The SMILES string of the molecule is Cc1nc(-c2ccc(Nc3nccc(-c4ccccc4)n3)cc2)n[nH]1. The first kappa shape index (κ1) is 15.0. The maximum Gasteiger partial charge on any atom is 0.227 e. The summed E-state index contributed by atoms with van der Waals surface area (Å²) in [5.74, 6) is 2.04. The molecule has 4 rings (SSSR count). The quantitative estimate of drug-likeness (QED) is 0.592. The van der Waals surface area contributed by atoms with E-state index in [1.54, 1.807) is 6.20 Å². The van der Waals surface area contributed by atoms with Crippen molar-refractivity contribution in [3.8, 4) is 22.6 Å². The van der Waals surface area contributed by atoms with E-state index in [0.29, 0.717) is 11.8 Å². The molecule has 0 aliphatic heterocycles. The Balaban J connectivity index is 1.54. The van der Waals surface area contributed by atoms with Gasteiger partial charge in [-0.05, 0) is 37.3 Å². The minimum atomic E-state index is 0.558. The van der Waals surface area contributed by atoms with E-state index in [1.807, 2.05) is 67.6 Å². The molecular formula is C19H16N6. The number of H-pyrrole nitrogens is 1. The fourth-order valence-electron chi connectivity index (χ4n) is 2.49. The fraction of sp³-hybridized carbons (Fsp3) is 0.0526. The molecule has 0 fully saturated rings. The average molecular weight is 328 g/mol. The van der Waals surface area contributed by atoms with Crippen LogP contribution in [0.3, 0.4) is 0 Å². The highest BCUT2D eigenvalue weighted by molar-refractivity contribution is 5.64. The second kappa shape index (κ2) is 6.52. The van der Waals surface area contributed by atoms with Gasteiger partial charge in [-0.25, -0.2) is 15.0 Å². The summed E-state index contributed by atoms with van der Waals surface area (Å²) in [6.45, 7) is 1.88. The van der Waals surface area contributed by atoms with Gasteiger partial charge in [-0.2, -0.15) is 5.10 Å². The summed E-state index contributed by atoms with van der Waals surface area (Å²) < 4.78 is 0. The molecule has 2 heterocycles. The number of hydrogen-bond acceptors (Lipinski definition) is 5. The summed E-state index contributed by atoms with van der Waals surface area (Å²) in [5.41, 5.74) is 3.80. The number of benzene rings is 2. The van der Waals surface area contributed by atoms with Gasteiger partial charge < -0.3 is 5.32 Å². The first-order valence-electron chi connectivity index (χ1n) is 7.93. The Morgan fingerprint density at radius 1 is 0.840 bits per heavy atom. The average Bonchev–Trinajstić information content (AvgIpc) is 3.10. The van der Waals surface area contributed by atoms with Gasteiger partial charge in [0.15, 0.2) is 5.82 Å². The number of aromatic amines is 1. The molecule has 0 bridgehead atoms. The normalized spacial score (nSPS) is 10.6. The molecule has 0 amide bonds. The molecule has 0 saturated carbocycles. The number of rotatable bonds is 4. The highest BCUT2D eigenvalue weighted by atomic mass is 15.2. The fourth-order valence-corrected chi connectivity index (χ4v) is 2.49. The molecule has 6 nitrogen and oxygen atoms in total. The second-order valence-electron chi connectivity index (χ2n) is 5.58. The first-order chi connectivity index (χ1) is 12.3. The van der Waals surface area contributed by atoms with E-state index in [1.165, 1.54) is 0 Å². The van der Waals surface area contributed by atoms with Crippen molar-refractivity contribution in [2.75, 3.05) is 5.32 Å². The number of anilines is 2. The summed E-state index contributed by atoms with van der Waals surface area (Å²) in [6.07, 6.45) is 1.75. The first-order valence-corrected chi connectivity index (χ1v) is 7.93. The predicted molar refractivity (Wildman–Crippen MR) is 97.3 cm³/mol. The van der Waals surface area contributed by atoms with Crippen LogP contribution in [-0.2, 0) is 0 Å². The molecule has 2 N–H and O–H groups in total. The largest absolute Gasteiger partial charge is 0.324 e. The monoisotopic (exact) mass is 328 g/mol. The van der Waals surface area contributed by atoms with Crippen LogP contribution in [0.2, 0.25) is 0 Å². The van der Waals surface area contributed by atoms with Gasteiger partial charge in [-0.3, -0.25) is 5.10 Å². The molecule has 122 valence electrons. The van der Waals surface area contributed by atoms with Gasteiger partial charge in [-0.1, -0.05) is 30.3 Å². The lowest BCUT2D eigenvalue weighted by Crippen LogP contribution is -1.97. The zero-order valence-electron chi connectivity index (χ0n) is 13.6. The van der Waals surface area contributed by atoms with Crippen molar-refractivity contribution in [2.45, 2.75) is 6.92 Å². The topological polar surface area (TPSA) is 79.4 Å². The summed E-state index contributed by atoms with van der Waals surface area (Å²) in [4.78, 5) is 13.2. The number of nitrogens with zero attached hydrogens (tertiary/aromatic N) is 4. The lowest BCUT2D eigenvalue weighted by Gasteiger charge is -2.07. The van der Waals surface area contributed by atoms with E-state index >= 15 is 0 Å². The Kier molecular flexibility index (Phi) is 3.92. The molecule has 2 aromatic heterocycles. The van der Waals surface area contributed by atoms with E-state index in [-0.39, 0.29) is 0 Å². The van der Waals surface area contributed by atoms with Gasteiger partial charge in [0.05, 0.1) is 5.69 Å². The molecule has 0 spiro atoms. The van der Waals surface area contributed by atoms with Crippen LogP contribution in [-0.4, -0.2) is 25.1 Å². The Hall–Kier alpha value is -3.54. The summed E-state index contributed by atoms with van der Waals surface area (Å²) in [7, 11) is 0. The molecule has 0 aliphatic carbocycles. The number of nitrogens with one attached hydrogen (secondary N) is 2. The zero-order chi connectivity index (χ0) is 17.1. The highest BCUT2D eigenvalue weighted by Crippen LogP contribution is 2.21. The maximum absolute atomic E-state index is 4.57. The molecular weight excluding hydrogens is 312 g/mol. The van der Waals surface area contributed by atoms with Gasteiger partial charge in [0.2, 0.25) is 5.95 Å². The van der Waals surface area contributed by atoms with Crippen LogP contribution in [0.1, 0.15) is 5.82 Å². The lowest BCUT2D eigenvalue weighted by atomic mass is 10.1. The van der Waals surface area contributed by atoms with Gasteiger partial charge >= 0.3 is 0 Å². The maximum atomic E-state index is 4.57. The van der Waals surface area contributed by atoms with Gasteiger partial charge in [0.25, 0.3) is 0 Å². The van der Waals surface area contributed by atoms with Crippen LogP contribution in [0, 0.1) is 6.92 Å². The van der Waals surface area contributed by atoms with Crippen LogP contribution < -0.4 is 5.32 Å². The Morgan fingerprint density at radius 2 is 1.64 bits per heavy atom. The third-order valence-corrected chi connectivity index (χ3v) is 3.72. The van der Waals surface area contributed by atoms with Crippen LogP contribution in [0.4, 0.5) is 11.6 Å². The molecule has 0 radical (unpaired) electrons. The van der Waals surface area contributed by atoms with E-state index < -0.39 is 0 Å². The van der Waals surface area contributed by atoms with Crippen molar-refractivity contribution in [3.05, 3.63) is 72.7 Å². The van der Waals surface area contributed by atoms with Gasteiger partial charge in [-0.15, -0.1) is 0 Å². The molecule has 0 atom stereocenters. The number of hydrogen-bond donors (Lipinski definition) is 2. The van der Waals surface area contributed by atoms with E-state index in [2.05, 4.69) is 30.5 Å². The molecule has 0 aliphatic rings. The number of aromatic nitrogens is 5. The summed E-state index contributed by atoms with van der Waals surface area (Å²) >= 11 is 0. The number of aryl methyl sites for hydroxylation is 1. The minimum Gasteiger partial charge on any atom is -0.324 e. The van der Waals surface area contributed by atoms with Crippen molar-refractivity contribution in [1.82, 2.24) is 25.1 Å². The molecule has 2 aromatic carbocycles. The van der Waals surface area contributed by atoms with Crippen LogP contribution in [0.5, 0.6) is 0 Å². The predicted octanol–water partition coefficient (Wildman–Crippen LogP) is 3.98. The van der Waals surface area contributed by atoms with Crippen molar-refractivity contribution >= 4 is 11.6 Å². The van der Waals surface area contributed by atoms with Crippen molar-refractivity contribution in [2.24, 2.45) is 0 Å². The Morgan fingerprint density at radius 3 is 2.36 bits per heavy atom. The zero-order valence-corrected chi connectivity index (χ0v) is 13.6. The summed E-state index contributed by atoms with van der Waals surface area (Å²) in [6, 6.07) is 19.8. The third-order valence-electron chi connectivity index (χ3n) is 3.72. The molecule has 0 unspecified atom stereocenters. The molecule has 25 heavy (non-hydrogen) atoms. The highest BCUT2D eigenvalue weighted by Gasteiger charge is 2.05. The van der Waals surface area contributed by atoms with Gasteiger partial charge in [0, 0.05) is 23.0 Å². The van der Waals surface area contributed by atoms with Crippen LogP contribution in [0.25, 0.3) is 22.6 Å². The van der Waals surface area contributed by atoms with E-state index in [0.717, 1.165) is 28.3 Å². The Bertz CT molecular complexity index is 976. The van der Waals surface area contributed by atoms with E-state index in [4.69, 9.17) is 0 Å². The Labute approximate surface area is 145 Å². The summed E-state index contributed by atoms with van der Waals surface area (Å²) in [5, 5.41) is 10.2. The molecule has 6 heteroatoms. The molecule has 0 saturated heterocycles. The second-order valence-corrected chi connectivity index (χ2v) is 5.58.